The van der Waals surface area contributed by atoms with Crippen molar-refractivity contribution in [3.8, 4) is 5.75 Å². The first-order valence-corrected chi connectivity index (χ1v) is 8.28. The van der Waals surface area contributed by atoms with Gasteiger partial charge in [0.1, 0.15) is 5.75 Å². The van der Waals surface area contributed by atoms with Crippen molar-refractivity contribution in [1.82, 2.24) is 0 Å². The van der Waals surface area contributed by atoms with Crippen LogP contribution in [0.1, 0.15) is 28.3 Å². The molecule has 2 nitrogen and oxygen atoms in total. The van der Waals surface area contributed by atoms with Gasteiger partial charge < -0.3 is 10.5 Å². The summed E-state index contributed by atoms with van der Waals surface area (Å²) in [5, 5.41) is 0. The van der Waals surface area contributed by atoms with Gasteiger partial charge in [0.15, 0.2) is 0 Å². The highest BCUT2D eigenvalue weighted by Crippen LogP contribution is 2.22. The topological polar surface area (TPSA) is 35.2 Å². The molecule has 0 aromatic heterocycles. The lowest BCUT2D eigenvalue weighted by atomic mass is 10.1. The minimum absolute atomic E-state index is 0.0619. The Morgan fingerprint density at radius 3 is 2.24 bits per heavy atom. The van der Waals surface area contributed by atoms with Crippen LogP contribution in [0.15, 0.2) is 42.5 Å². The Balaban J connectivity index is 1.87. The maximum atomic E-state index is 6.25. The Morgan fingerprint density at radius 1 is 1.05 bits per heavy atom. The number of nitrogens with two attached hydrogens (primary N) is 1. The van der Waals surface area contributed by atoms with Crippen molar-refractivity contribution in [3.63, 3.8) is 0 Å². The molecule has 0 fully saturated rings. The minimum Gasteiger partial charge on any atom is -0.497 e. The summed E-state index contributed by atoms with van der Waals surface area (Å²) in [6.45, 7) is 4.29. The highest BCUT2D eigenvalue weighted by molar-refractivity contribution is 7.98. The van der Waals surface area contributed by atoms with Crippen LogP contribution in [-0.2, 0) is 5.75 Å². The second-order valence-electron chi connectivity index (χ2n) is 5.39. The van der Waals surface area contributed by atoms with Crippen molar-refractivity contribution in [2.45, 2.75) is 25.6 Å². The molecule has 0 aliphatic carbocycles. The van der Waals surface area contributed by atoms with Crippen molar-refractivity contribution in [2.24, 2.45) is 5.73 Å². The van der Waals surface area contributed by atoms with Gasteiger partial charge in [0.05, 0.1) is 7.11 Å². The van der Waals surface area contributed by atoms with Gasteiger partial charge in [0, 0.05) is 17.5 Å². The van der Waals surface area contributed by atoms with Crippen LogP contribution >= 0.6 is 11.8 Å². The third kappa shape index (κ3) is 4.80. The average Bonchev–Trinajstić information content (AvgIpc) is 2.46. The lowest BCUT2D eigenvalue weighted by molar-refractivity contribution is 0.414. The molecule has 1 atom stereocenters. The van der Waals surface area contributed by atoms with E-state index in [-0.39, 0.29) is 6.04 Å². The van der Waals surface area contributed by atoms with E-state index < -0.39 is 0 Å². The number of hydrogen-bond donors (Lipinski definition) is 1. The van der Waals surface area contributed by atoms with Crippen molar-refractivity contribution < 1.29 is 4.74 Å². The summed E-state index contributed by atoms with van der Waals surface area (Å²) < 4.78 is 5.16. The number of methoxy groups -OCH3 is 1. The molecule has 0 radical (unpaired) electrons. The molecule has 112 valence electrons. The number of rotatable bonds is 6. The van der Waals surface area contributed by atoms with Gasteiger partial charge >= 0.3 is 0 Å². The summed E-state index contributed by atoms with van der Waals surface area (Å²) >= 11 is 1.88. The number of aryl methyl sites for hydroxylation is 2. The van der Waals surface area contributed by atoms with E-state index in [0.717, 1.165) is 22.8 Å². The van der Waals surface area contributed by atoms with Crippen LogP contribution in [0.25, 0.3) is 0 Å². The first-order chi connectivity index (χ1) is 10.1. The summed E-state index contributed by atoms with van der Waals surface area (Å²) in [4.78, 5) is 0. The molecule has 0 aliphatic rings. The van der Waals surface area contributed by atoms with E-state index in [4.69, 9.17) is 10.5 Å². The fraction of sp³-hybridized carbons (Fsp3) is 0.333. The van der Waals surface area contributed by atoms with Crippen LogP contribution in [0.2, 0.25) is 0 Å². The molecular weight excluding hydrogens is 278 g/mol. The Bertz CT molecular complexity index is 560. The molecular formula is C18H23NOS. The highest BCUT2D eigenvalue weighted by Gasteiger charge is 2.06. The van der Waals surface area contributed by atoms with Crippen LogP contribution in [0, 0.1) is 13.8 Å². The molecule has 2 N–H and O–H groups in total. The second kappa shape index (κ2) is 7.53. The molecule has 21 heavy (non-hydrogen) atoms. The van der Waals surface area contributed by atoms with Crippen molar-refractivity contribution in [3.05, 3.63) is 64.7 Å². The highest BCUT2D eigenvalue weighted by atomic mass is 32.2. The maximum absolute atomic E-state index is 6.25. The summed E-state index contributed by atoms with van der Waals surface area (Å²) in [6.07, 6.45) is 0. The van der Waals surface area contributed by atoms with Gasteiger partial charge in [-0.2, -0.15) is 11.8 Å². The van der Waals surface area contributed by atoms with Crippen molar-refractivity contribution in [1.29, 1.82) is 0 Å². The van der Waals surface area contributed by atoms with Crippen LogP contribution in [-0.4, -0.2) is 12.9 Å². The standard InChI is InChI=1S/C18H23NOS/c1-13-8-14(2)10-15(9-13)11-21-12-18(19)16-4-6-17(20-3)7-5-16/h4-10,18H,11-12,19H2,1-3H3. The average molecular weight is 301 g/mol. The Kier molecular flexibility index (Phi) is 5.71. The quantitative estimate of drug-likeness (QED) is 0.866. The molecule has 0 heterocycles. The van der Waals surface area contributed by atoms with E-state index in [2.05, 4.69) is 32.0 Å². The largest absolute Gasteiger partial charge is 0.497 e. The van der Waals surface area contributed by atoms with E-state index in [1.165, 1.54) is 16.7 Å². The molecule has 1 unspecified atom stereocenters. The minimum atomic E-state index is 0.0619. The van der Waals surface area contributed by atoms with E-state index >= 15 is 0 Å². The van der Waals surface area contributed by atoms with Crippen LogP contribution in [0.5, 0.6) is 5.75 Å². The molecule has 0 saturated heterocycles. The number of thioether (sulfide) groups is 1. The zero-order valence-electron chi connectivity index (χ0n) is 12.9. The normalized spacial score (nSPS) is 12.2. The SMILES string of the molecule is COc1ccc(C(N)CSCc2cc(C)cc(C)c2)cc1. The molecule has 0 amide bonds. The summed E-state index contributed by atoms with van der Waals surface area (Å²) in [7, 11) is 1.68. The van der Waals surface area contributed by atoms with Crippen LogP contribution < -0.4 is 10.5 Å². The maximum Gasteiger partial charge on any atom is 0.118 e. The molecule has 3 heteroatoms. The van der Waals surface area contributed by atoms with Gasteiger partial charge in [-0.25, -0.2) is 0 Å². The Labute approximate surface area is 131 Å². The van der Waals surface area contributed by atoms with Crippen molar-refractivity contribution >= 4 is 11.8 Å². The second-order valence-corrected chi connectivity index (χ2v) is 6.42. The third-order valence-corrected chi connectivity index (χ3v) is 4.52. The monoisotopic (exact) mass is 301 g/mol. The third-order valence-electron chi connectivity index (χ3n) is 3.39. The van der Waals surface area contributed by atoms with Gasteiger partial charge in [-0.05, 0) is 37.1 Å². The fourth-order valence-corrected chi connectivity index (χ4v) is 3.37. The zero-order chi connectivity index (χ0) is 15.2. The van der Waals surface area contributed by atoms with Gasteiger partial charge in [-0.1, -0.05) is 41.5 Å². The molecule has 0 spiro atoms. The van der Waals surface area contributed by atoms with Gasteiger partial charge in [0.25, 0.3) is 0 Å². The molecule has 0 bridgehead atoms. The van der Waals surface area contributed by atoms with Crippen LogP contribution in [0.3, 0.4) is 0 Å². The predicted molar refractivity (Wildman–Crippen MR) is 92.0 cm³/mol. The van der Waals surface area contributed by atoms with Gasteiger partial charge in [0.2, 0.25) is 0 Å². The Hall–Kier alpha value is -1.45. The van der Waals surface area contributed by atoms with Crippen molar-refractivity contribution in [2.75, 3.05) is 12.9 Å². The molecule has 0 aliphatic heterocycles. The van der Waals surface area contributed by atoms with E-state index in [0.29, 0.717) is 0 Å². The first-order valence-electron chi connectivity index (χ1n) is 7.13. The fourth-order valence-electron chi connectivity index (χ4n) is 2.40. The van der Waals surface area contributed by atoms with Gasteiger partial charge in [-0.3, -0.25) is 0 Å². The summed E-state index contributed by atoms with van der Waals surface area (Å²) in [5.74, 6) is 2.79. The van der Waals surface area contributed by atoms with E-state index in [1.54, 1.807) is 7.11 Å². The smallest absolute Gasteiger partial charge is 0.118 e. The zero-order valence-corrected chi connectivity index (χ0v) is 13.7. The molecule has 2 aromatic rings. The van der Waals surface area contributed by atoms with E-state index in [9.17, 15) is 0 Å². The van der Waals surface area contributed by atoms with Crippen LogP contribution in [0.4, 0.5) is 0 Å². The Morgan fingerprint density at radius 2 is 1.67 bits per heavy atom. The van der Waals surface area contributed by atoms with E-state index in [1.807, 2.05) is 36.0 Å². The molecule has 2 rings (SSSR count). The predicted octanol–water partition coefficient (Wildman–Crippen LogP) is 4.25. The summed E-state index contributed by atoms with van der Waals surface area (Å²) in [6, 6.07) is 14.8. The lowest BCUT2D eigenvalue weighted by Gasteiger charge is -2.12. The number of ether oxygens (including phenoxy) is 1. The summed E-state index contributed by atoms with van der Waals surface area (Å²) in [5.41, 5.74) is 11.4. The molecule has 2 aromatic carbocycles. The number of benzene rings is 2. The van der Waals surface area contributed by atoms with Gasteiger partial charge in [-0.15, -0.1) is 0 Å². The lowest BCUT2D eigenvalue weighted by Crippen LogP contribution is -2.13. The molecule has 0 saturated carbocycles. The number of hydrogen-bond acceptors (Lipinski definition) is 3. The first kappa shape index (κ1) is 15.9.